The molecule has 80 valence electrons. The van der Waals surface area contributed by atoms with E-state index in [1.807, 2.05) is 18.2 Å². The van der Waals surface area contributed by atoms with E-state index in [0.29, 0.717) is 0 Å². The summed E-state index contributed by atoms with van der Waals surface area (Å²) in [7, 11) is 0. The molecule has 0 radical (unpaired) electrons. The van der Waals surface area contributed by atoms with Gasteiger partial charge in [-0.3, -0.25) is 4.90 Å². The average molecular weight is 232 g/mol. The van der Waals surface area contributed by atoms with Crippen LogP contribution in [0.4, 0.5) is 10.5 Å². The van der Waals surface area contributed by atoms with Gasteiger partial charge in [-0.05, 0) is 24.1 Å². The Balaban J connectivity index is 2.28. The maximum absolute atomic E-state index is 11.1. The number of nitrogens with zero attached hydrogens (tertiary/aromatic N) is 2. The number of allylic oxidation sites excluding steroid dienone is 1. The second-order valence-electron chi connectivity index (χ2n) is 3.51. The molecular weight excluding hydrogens is 224 g/mol. The Hall–Kier alpha value is -1.88. The number of aromatic nitrogens is 1. The van der Waals surface area contributed by atoms with E-state index in [-0.39, 0.29) is 0 Å². The number of amides is 1. The Kier molecular flexibility index (Phi) is 1.94. The van der Waals surface area contributed by atoms with Gasteiger partial charge in [0.25, 0.3) is 0 Å². The molecule has 0 fully saturated rings. The van der Waals surface area contributed by atoms with Crippen LogP contribution in [0.25, 0.3) is 10.2 Å². The molecule has 1 aliphatic rings. The molecule has 2 aromatic rings. The summed E-state index contributed by atoms with van der Waals surface area (Å²) < 4.78 is 1.08. The Bertz CT molecular complexity index is 603. The standard InChI is InChI=1S/C11H8N2O2S/c14-11(15)13-5-1-2-7-9(13)4-3-8-10(7)16-6-12-8/h1,3-6H,2H2,(H,14,15). The molecule has 1 aliphatic heterocycles. The van der Waals surface area contributed by atoms with Gasteiger partial charge in [0.15, 0.2) is 0 Å². The van der Waals surface area contributed by atoms with E-state index in [1.165, 1.54) is 4.90 Å². The molecule has 5 heteroatoms. The summed E-state index contributed by atoms with van der Waals surface area (Å²) in [5, 5.41) is 9.07. The van der Waals surface area contributed by atoms with E-state index < -0.39 is 6.09 Å². The van der Waals surface area contributed by atoms with Crippen molar-refractivity contribution in [2.45, 2.75) is 6.42 Å². The molecule has 0 saturated carbocycles. The lowest BCUT2D eigenvalue weighted by molar-refractivity contribution is 0.204. The van der Waals surface area contributed by atoms with Crippen LogP contribution in [0.3, 0.4) is 0 Å². The smallest absolute Gasteiger partial charge is 0.415 e. The fraction of sp³-hybridized carbons (Fsp3) is 0.0909. The number of carboxylic acid groups (broad SMARTS) is 1. The minimum absolute atomic E-state index is 0.742. The number of carbonyl (C=O) groups is 1. The lowest BCUT2D eigenvalue weighted by Gasteiger charge is -2.21. The third kappa shape index (κ3) is 1.22. The molecule has 1 aromatic carbocycles. The van der Waals surface area contributed by atoms with E-state index in [0.717, 1.165) is 27.9 Å². The van der Waals surface area contributed by atoms with Crippen molar-refractivity contribution in [3.8, 4) is 0 Å². The van der Waals surface area contributed by atoms with Gasteiger partial charge in [0.05, 0.1) is 21.4 Å². The van der Waals surface area contributed by atoms with Crippen molar-refractivity contribution >= 4 is 33.3 Å². The zero-order valence-electron chi connectivity index (χ0n) is 8.25. The summed E-state index contributed by atoms with van der Waals surface area (Å²) in [6, 6.07) is 3.68. The predicted octanol–water partition coefficient (Wildman–Crippen LogP) is 2.85. The van der Waals surface area contributed by atoms with Crippen LogP contribution in [0.2, 0.25) is 0 Å². The van der Waals surface area contributed by atoms with Gasteiger partial charge in [0.1, 0.15) is 0 Å². The zero-order chi connectivity index (χ0) is 11.1. The van der Waals surface area contributed by atoms with E-state index in [1.54, 1.807) is 23.0 Å². The Morgan fingerprint density at radius 1 is 1.50 bits per heavy atom. The first-order chi connectivity index (χ1) is 7.77. The van der Waals surface area contributed by atoms with Crippen LogP contribution in [0, 0.1) is 0 Å². The zero-order valence-corrected chi connectivity index (χ0v) is 9.07. The molecule has 0 aliphatic carbocycles. The molecular formula is C11H8N2O2S. The summed E-state index contributed by atoms with van der Waals surface area (Å²) in [5.74, 6) is 0. The monoisotopic (exact) mass is 232 g/mol. The number of benzene rings is 1. The first kappa shape index (κ1) is 9.35. The second kappa shape index (κ2) is 3.31. The van der Waals surface area contributed by atoms with Crippen molar-refractivity contribution in [1.82, 2.24) is 4.98 Å². The highest BCUT2D eigenvalue weighted by Crippen LogP contribution is 2.34. The Morgan fingerprint density at radius 3 is 3.19 bits per heavy atom. The summed E-state index contributed by atoms with van der Waals surface area (Å²) in [4.78, 5) is 16.5. The van der Waals surface area contributed by atoms with Crippen molar-refractivity contribution in [1.29, 1.82) is 0 Å². The van der Waals surface area contributed by atoms with Crippen molar-refractivity contribution in [3.05, 3.63) is 35.5 Å². The number of hydrogen-bond acceptors (Lipinski definition) is 3. The molecule has 1 amide bonds. The van der Waals surface area contributed by atoms with E-state index in [2.05, 4.69) is 4.98 Å². The highest BCUT2D eigenvalue weighted by atomic mass is 32.1. The maximum atomic E-state index is 11.1. The summed E-state index contributed by atoms with van der Waals surface area (Å²) in [5.41, 5.74) is 4.51. The second-order valence-corrected chi connectivity index (χ2v) is 4.36. The lowest BCUT2D eigenvalue weighted by Crippen LogP contribution is -2.25. The molecule has 1 N–H and O–H groups in total. The summed E-state index contributed by atoms with van der Waals surface area (Å²) in [6.07, 6.45) is 3.26. The molecule has 3 rings (SSSR count). The summed E-state index contributed by atoms with van der Waals surface area (Å²) >= 11 is 1.55. The van der Waals surface area contributed by atoms with Crippen molar-refractivity contribution in [3.63, 3.8) is 0 Å². The van der Waals surface area contributed by atoms with Gasteiger partial charge in [0.2, 0.25) is 0 Å². The van der Waals surface area contributed by atoms with Crippen LogP contribution in [-0.2, 0) is 6.42 Å². The fourth-order valence-corrected chi connectivity index (χ4v) is 2.76. The number of fused-ring (bicyclic) bond motifs is 3. The van der Waals surface area contributed by atoms with Crippen LogP contribution >= 0.6 is 11.3 Å². The minimum Gasteiger partial charge on any atom is -0.464 e. The van der Waals surface area contributed by atoms with Crippen LogP contribution in [0.1, 0.15) is 5.56 Å². The van der Waals surface area contributed by atoms with Crippen LogP contribution in [0.5, 0.6) is 0 Å². The van der Waals surface area contributed by atoms with Gasteiger partial charge in [-0.15, -0.1) is 11.3 Å². The quantitative estimate of drug-likeness (QED) is 0.759. The van der Waals surface area contributed by atoms with E-state index in [9.17, 15) is 4.79 Å². The van der Waals surface area contributed by atoms with Crippen molar-refractivity contribution < 1.29 is 9.90 Å². The lowest BCUT2D eigenvalue weighted by atomic mass is 10.1. The normalized spacial score (nSPS) is 14.1. The number of anilines is 1. The van der Waals surface area contributed by atoms with Crippen molar-refractivity contribution in [2.75, 3.05) is 4.90 Å². The topological polar surface area (TPSA) is 53.4 Å². The average Bonchev–Trinajstić information content (AvgIpc) is 2.76. The Morgan fingerprint density at radius 2 is 2.38 bits per heavy atom. The largest absolute Gasteiger partial charge is 0.464 e. The minimum atomic E-state index is -0.957. The van der Waals surface area contributed by atoms with Crippen molar-refractivity contribution in [2.24, 2.45) is 0 Å². The molecule has 16 heavy (non-hydrogen) atoms. The van der Waals surface area contributed by atoms with Gasteiger partial charge < -0.3 is 5.11 Å². The van der Waals surface area contributed by atoms with Gasteiger partial charge in [-0.25, -0.2) is 9.78 Å². The third-order valence-corrected chi connectivity index (χ3v) is 3.52. The maximum Gasteiger partial charge on any atom is 0.415 e. The number of rotatable bonds is 0. The molecule has 0 atom stereocenters. The van der Waals surface area contributed by atoms with Crippen LogP contribution in [0.15, 0.2) is 29.9 Å². The number of thiazole rings is 1. The molecule has 0 bridgehead atoms. The molecule has 0 saturated heterocycles. The molecule has 2 heterocycles. The van der Waals surface area contributed by atoms with E-state index >= 15 is 0 Å². The molecule has 0 spiro atoms. The first-order valence-electron chi connectivity index (χ1n) is 4.81. The fourth-order valence-electron chi connectivity index (χ4n) is 1.92. The first-order valence-corrected chi connectivity index (χ1v) is 5.69. The summed E-state index contributed by atoms with van der Waals surface area (Å²) in [6.45, 7) is 0. The van der Waals surface area contributed by atoms with Gasteiger partial charge in [0, 0.05) is 6.20 Å². The SMILES string of the molecule is O=C(O)N1C=CCc2c1ccc1ncsc21. The Labute approximate surface area is 95.5 Å². The van der Waals surface area contributed by atoms with Crippen LogP contribution < -0.4 is 4.90 Å². The number of hydrogen-bond donors (Lipinski definition) is 1. The van der Waals surface area contributed by atoms with Crippen LogP contribution in [-0.4, -0.2) is 16.2 Å². The van der Waals surface area contributed by atoms with E-state index in [4.69, 9.17) is 5.11 Å². The van der Waals surface area contributed by atoms with Gasteiger partial charge in [-0.2, -0.15) is 0 Å². The van der Waals surface area contributed by atoms with Gasteiger partial charge in [-0.1, -0.05) is 6.08 Å². The third-order valence-electron chi connectivity index (χ3n) is 2.62. The molecule has 4 nitrogen and oxygen atoms in total. The highest BCUT2D eigenvalue weighted by molar-refractivity contribution is 7.17. The molecule has 0 unspecified atom stereocenters. The van der Waals surface area contributed by atoms with Gasteiger partial charge >= 0.3 is 6.09 Å². The predicted molar refractivity (Wildman–Crippen MR) is 63.0 cm³/mol. The highest BCUT2D eigenvalue weighted by Gasteiger charge is 2.20. The molecule has 1 aromatic heterocycles.